The van der Waals surface area contributed by atoms with Gasteiger partial charge in [-0.05, 0) is 31.9 Å². The average Bonchev–Trinajstić information content (AvgIpc) is 3.13. The second-order valence-corrected chi connectivity index (χ2v) is 6.65. The first kappa shape index (κ1) is 19.7. The van der Waals surface area contributed by atoms with Gasteiger partial charge in [0.05, 0.1) is 17.4 Å². The van der Waals surface area contributed by atoms with Crippen molar-refractivity contribution in [2.24, 2.45) is 0 Å². The largest absolute Gasteiger partial charge is 0.339 e. The smallest absolute Gasteiger partial charge is 0.258 e. The van der Waals surface area contributed by atoms with Crippen LogP contribution in [0.3, 0.4) is 0 Å². The summed E-state index contributed by atoms with van der Waals surface area (Å²) in [4.78, 5) is 38.0. The van der Waals surface area contributed by atoms with Crippen LogP contribution in [-0.2, 0) is 24.2 Å². The van der Waals surface area contributed by atoms with Gasteiger partial charge >= 0.3 is 0 Å². The number of aromatic amines is 1. The molecular weight excluding hydrogens is 358 g/mol. The molecule has 0 aliphatic rings. The van der Waals surface area contributed by atoms with Gasteiger partial charge in [0, 0.05) is 25.8 Å². The van der Waals surface area contributed by atoms with E-state index in [2.05, 4.69) is 27.0 Å². The number of hydrogen-bond donors (Lipinski definition) is 1. The van der Waals surface area contributed by atoms with E-state index in [0.29, 0.717) is 54.2 Å². The van der Waals surface area contributed by atoms with E-state index >= 15 is 0 Å². The van der Waals surface area contributed by atoms with Crippen LogP contribution in [0.4, 0.5) is 0 Å². The van der Waals surface area contributed by atoms with Gasteiger partial charge < -0.3 is 14.4 Å². The molecule has 3 aromatic rings. The molecule has 0 saturated heterocycles. The van der Waals surface area contributed by atoms with Crippen LogP contribution >= 0.6 is 0 Å². The highest BCUT2D eigenvalue weighted by molar-refractivity contribution is 5.77. The molecule has 0 bridgehead atoms. The number of aromatic nitrogens is 4. The van der Waals surface area contributed by atoms with Crippen molar-refractivity contribution in [1.82, 2.24) is 25.0 Å². The molecule has 0 unspecified atom stereocenters. The van der Waals surface area contributed by atoms with E-state index in [9.17, 15) is 9.59 Å². The van der Waals surface area contributed by atoms with Gasteiger partial charge in [-0.25, -0.2) is 4.98 Å². The van der Waals surface area contributed by atoms with Crippen LogP contribution in [0.15, 0.2) is 33.6 Å². The Morgan fingerprint density at radius 1 is 1.18 bits per heavy atom. The molecule has 148 valence electrons. The Morgan fingerprint density at radius 3 is 2.79 bits per heavy atom. The number of nitrogens with zero attached hydrogens (tertiary/aromatic N) is 4. The molecule has 8 nitrogen and oxygen atoms in total. The fourth-order valence-electron chi connectivity index (χ4n) is 3.03. The summed E-state index contributed by atoms with van der Waals surface area (Å²) >= 11 is 0. The van der Waals surface area contributed by atoms with Crippen molar-refractivity contribution in [3.8, 4) is 0 Å². The Labute approximate surface area is 163 Å². The molecule has 8 heteroatoms. The van der Waals surface area contributed by atoms with Crippen molar-refractivity contribution < 1.29 is 9.32 Å². The number of fused-ring (bicyclic) bond motifs is 1. The fourth-order valence-corrected chi connectivity index (χ4v) is 3.03. The predicted molar refractivity (Wildman–Crippen MR) is 105 cm³/mol. The van der Waals surface area contributed by atoms with Crippen LogP contribution in [0.2, 0.25) is 0 Å². The third kappa shape index (κ3) is 4.82. The normalized spacial score (nSPS) is 11.1. The molecule has 1 aromatic carbocycles. The molecule has 28 heavy (non-hydrogen) atoms. The van der Waals surface area contributed by atoms with E-state index in [1.54, 1.807) is 23.1 Å². The van der Waals surface area contributed by atoms with Gasteiger partial charge in [0.25, 0.3) is 5.56 Å². The van der Waals surface area contributed by atoms with Crippen molar-refractivity contribution in [2.45, 2.75) is 52.5 Å². The molecule has 1 amide bonds. The standard InChI is InChI=1S/C20H25N5O3/c1-3-8-16-22-18(28-24-16)11-7-12-19(26)25(4-2)13-17-21-15-10-6-5-9-14(15)20(27)23-17/h5-6,9-10H,3-4,7-8,11-13H2,1-2H3,(H,21,23,27). The van der Waals surface area contributed by atoms with Crippen molar-refractivity contribution in [1.29, 1.82) is 0 Å². The molecule has 0 atom stereocenters. The molecular formula is C20H25N5O3. The number of rotatable bonds is 9. The highest BCUT2D eigenvalue weighted by Crippen LogP contribution is 2.10. The third-order valence-corrected chi connectivity index (χ3v) is 4.50. The number of carbonyl (C=O) groups is 1. The second-order valence-electron chi connectivity index (χ2n) is 6.65. The summed E-state index contributed by atoms with van der Waals surface area (Å²) in [7, 11) is 0. The molecule has 3 rings (SSSR count). The zero-order valence-electron chi connectivity index (χ0n) is 16.3. The van der Waals surface area contributed by atoms with Crippen LogP contribution in [-0.4, -0.2) is 37.5 Å². The lowest BCUT2D eigenvalue weighted by Gasteiger charge is -2.20. The molecule has 2 heterocycles. The Bertz CT molecular complexity index is 995. The van der Waals surface area contributed by atoms with Crippen LogP contribution in [0.25, 0.3) is 10.9 Å². The minimum atomic E-state index is -0.191. The molecule has 0 fully saturated rings. The summed E-state index contributed by atoms with van der Waals surface area (Å²) < 4.78 is 5.20. The van der Waals surface area contributed by atoms with Gasteiger partial charge in [-0.1, -0.05) is 24.2 Å². The lowest BCUT2D eigenvalue weighted by atomic mass is 10.2. The average molecular weight is 383 g/mol. The SMILES string of the molecule is CCCc1noc(CCCC(=O)N(CC)Cc2nc3ccccc3c(=O)[nH]2)n1. The number of H-pyrrole nitrogens is 1. The summed E-state index contributed by atoms with van der Waals surface area (Å²) in [6.07, 6.45) is 3.34. The van der Waals surface area contributed by atoms with E-state index in [4.69, 9.17) is 4.52 Å². The Balaban J connectivity index is 1.58. The first-order valence-electron chi connectivity index (χ1n) is 9.67. The van der Waals surface area contributed by atoms with Gasteiger partial charge in [0.15, 0.2) is 5.82 Å². The minimum absolute atomic E-state index is 0.00612. The summed E-state index contributed by atoms with van der Waals surface area (Å²) in [5.74, 6) is 1.77. The Kier molecular flexibility index (Phi) is 6.52. The second kappa shape index (κ2) is 9.25. The van der Waals surface area contributed by atoms with Crippen molar-refractivity contribution in [2.75, 3.05) is 6.54 Å². The molecule has 0 aliphatic heterocycles. The highest BCUT2D eigenvalue weighted by atomic mass is 16.5. The minimum Gasteiger partial charge on any atom is -0.339 e. The third-order valence-electron chi connectivity index (χ3n) is 4.50. The number of para-hydroxylation sites is 1. The quantitative estimate of drug-likeness (QED) is 0.609. The van der Waals surface area contributed by atoms with E-state index in [-0.39, 0.29) is 18.0 Å². The number of carbonyl (C=O) groups excluding carboxylic acids is 1. The number of nitrogens with one attached hydrogen (secondary N) is 1. The van der Waals surface area contributed by atoms with Crippen LogP contribution < -0.4 is 5.56 Å². The predicted octanol–water partition coefficient (Wildman–Crippen LogP) is 2.63. The Morgan fingerprint density at radius 2 is 2.00 bits per heavy atom. The molecule has 0 saturated carbocycles. The number of benzene rings is 1. The maximum absolute atomic E-state index is 12.6. The van der Waals surface area contributed by atoms with E-state index in [1.807, 2.05) is 13.0 Å². The van der Waals surface area contributed by atoms with E-state index in [1.165, 1.54) is 0 Å². The molecule has 0 radical (unpaired) electrons. The number of amides is 1. The van der Waals surface area contributed by atoms with Gasteiger partial charge in [-0.15, -0.1) is 0 Å². The summed E-state index contributed by atoms with van der Waals surface area (Å²) in [6.45, 7) is 4.78. The number of hydrogen-bond acceptors (Lipinski definition) is 6. The van der Waals surface area contributed by atoms with E-state index in [0.717, 1.165) is 12.8 Å². The molecule has 0 aliphatic carbocycles. The monoisotopic (exact) mass is 383 g/mol. The zero-order valence-corrected chi connectivity index (χ0v) is 16.3. The topological polar surface area (TPSA) is 105 Å². The van der Waals surface area contributed by atoms with Gasteiger partial charge in [-0.3, -0.25) is 9.59 Å². The van der Waals surface area contributed by atoms with Crippen molar-refractivity contribution >= 4 is 16.8 Å². The maximum atomic E-state index is 12.6. The molecule has 0 spiro atoms. The lowest BCUT2D eigenvalue weighted by molar-refractivity contribution is -0.131. The number of aryl methyl sites for hydroxylation is 2. The maximum Gasteiger partial charge on any atom is 0.258 e. The zero-order chi connectivity index (χ0) is 19.9. The van der Waals surface area contributed by atoms with Gasteiger partial charge in [0.2, 0.25) is 11.8 Å². The summed E-state index contributed by atoms with van der Waals surface area (Å²) in [6, 6.07) is 7.17. The van der Waals surface area contributed by atoms with Gasteiger partial charge in [0.1, 0.15) is 5.82 Å². The van der Waals surface area contributed by atoms with Crippen LogP contribution in [0.1, 0.15) is 50.6 Å². The van der Waals surface area contributed by atoms with Crippen molar-refractivity contribution in [3.05, 3.63) is 52.2 Å². The fraction of sp³-hybridized carbons (Fsp3) is 0.450. The molecule has 1 N–H and O–H groups in total. The lowest BCUT2D eigenvalue weighted by Crippen LogP contribution is -2.31. The van der Waals surface area contributed by atoms with Crippen molar-refractivity contribution in [3.63, 3.8) is 0 Å². The Hall–Kier alpha value is -3.03. The first-order chi connectivity index (χ1) is 13.6. The van der Waals surface area contributed by atoms with Crippen LogP contribution in [0.5, 0.6) is 0 Å². The summed E-state index contributed by atoms with van der Waals surface area (Å²) in [5.41, 5.74) is 0.437. The molecule has 2 aromatic heterocycles. The van der Waals surface area contributed by atoms with Gasteiger partial charge in [-0.2, -0.15) is 4.98 Å². The van der Waals surface area contributed by atoms with E-state index < -0.39 is 0 Å². The highest BCUT2D eigenvalue weighted by Gasteiger charge is 2.15. The first-order valence-corrected chi connectivity index (χ1v) is 9.67. The van der Waals surface area contributed by atoms with Crippen LogP contribution in [0, 0.1) is 0 Å². The summed E-state index contributed by atoms with van der Waals surface area (Å²) in [5, 5.41) is 4.46.